The molecule has 0 bridgehead atoms. The van der Waals surface area contributed by atoms with E-state index in [1.165, 1.54) is 6.92 Å². The Balaban J connectivity index is 1.43. The molecule has 0 aromatic heterocycles. The third-order valence-corrected chi connectivity index (χ3v) is 9.97. The van der Waals surface area contributed by atoms with Gasteiger partial charge in [-0.3, -0.25) is 19.2 Å². The van der Waals surface area contributed by atoms with Gasteiger partial charge in [0.05, 0.1) is 12.5 Å². The first-order valence-corrected chi connectivity index (χ1v) is 13.7. The molecule has 5 rings (SSSR count). The second kappa shape index (κ2) is 9.82. The Labute approximate surface area is 228 Å². The van der Waals surface area contributed by atoms with Gasteiger partial charge in [-0.2, -0.15) is 0 Å². The molecule has 4 aliphatic carbocycles. The molecule has 8 heteroatoms. The van der Waals surface area contributed by atoms with Crippen molar-refractivity contribution in [2.45, 2.75) is 77.1 Å². The maximum atomic E-state index is 14.0. The lowest BCUT2D eigenvalue weighted by atomic mass is 9.46. The number of benzene rings is 1. The number of allylic oxidation sites excluding steroid dienone is 4. The summed E-state index contributed by atoms with van der Waals surface area (Å²) >= 11 is 0. The number of rotatable bonds is 6. The second-order valence-corrected chi connectivity index (χ2v) is 12.0. The lowest BCUT2D eigenvalue weighted by Crippen LogP contribution is -2.64. The van der Waals surface area contributed by atoms with Gasteiger partial charge in [0.1, 0.15) is 11.9 Å². The molecule has 8 atom stereocenters. The summed E-state index contributed by atoms with van der Waals surface area (Å²) in [6.45, 7) is 5.16. The number of fused-ring (bicyclic) bond motifs is 5. The van der Waals surface area contributed by atoms with Gasteiger partial charge in [-0.05, 0) is 68.2 Å². The molecule has 1 aromatic rings. The molecule has 0 radical (unpaired) electrons. The summed E-state index contributed by atoms with van der Waals surface area (Å²) in [6.07, 6.45) is 4.40. The number of hydrogen-bond donors (Lipinski definition) is 2. The molecule has 4 aliphatic rings. The van der Waals surface area contributed by atoms with Crippen molar-refractivity contribution in [2.75, 3.05) is 0 Å². The molecular weight excluding hydrogens is 500 g/mol. The number of para-hydroxylation sites is 1. The molecule has 8 nitrogen and oxygen atoms in total. The van der Waals surface area contributed by atoms with Crippen molar-refractivity contribution in [1.82, 2.24) is 0 Å². The van der Waals surface area contributed by atoms with Gasteiger partial charge in [0, 0.05) is 23.7 Å². The predicted molar refractivity (Wildman–Crippen MR) is 140 cm³/mol. The Morgan fingerprint density at radius 1 is 1.13 bits per heavy atom. The van der Waals surface area contributed by atoms with Crippen molar-refractivity contribution < 1.29 is 38.9 Å². The lowest BCUT2D eigenvalue weighted by molar-refractivity contribution is -0.201. The summed E-state index contributed by atoms with van der Waals surface area (Å²) in [6, 6.07) is 8.36. The summed E-state index contributed by atoms with van der Waals surface area (Å²) in [5, 5.41) is 22.6. The Morgan fingerprint density at radius 2 is 1.85 bits per heavy atom. The van der Waals surface area contributed by atoms with Crippen LogP contribution in [0.2, 0.25) is 0 Å². The van der Waals surface area contributed by atoms with Crippen LogP contribution in [0, 0.1) is 28.6 Å². The van der Waals surface area contributed by atoms with Crippen LogP contribution in [-0.2, 0) is 23.9 Å². The van der Waals surface area contributed by atoms with Gasteiger partial charge >= 0.3 is 11.9 Å². The van der Waals surface area contributed by atoms with Crippen LogP contribution < -0.4 is 4.74 Å². The summed E-state index contributed by atoms with van der Waals surface area (Å²) in [5.74, 6) is -2.12. The van der Waals surface area contributed by atoms with Crippen LogP contribution in [0.5, 0.6) is 5.75 Å². The number of hydrogen-bond acceptors (Lipinski definition) is 8. The van der Waals surface area contributed by atoms with Crippen molar-refractivity contribution in [1.29, 1.82) is 0 Å². The summed E-state index contributed by atoms with van der Waals surface area (Å²) in [7, 11) is 0. The maximum Gasteiger partial charge on any atom is 0.314 e. The average molecular weight is 537 g/mol. The lowest BCUT2D eigenvalue weighted by Gasteiger charge is -2.60. The minimum absolute atomic E-state index is 0.0178. The van der Waals surface area contributed by atoms with Crippen LogP contribution in [0.1, 0.15) is 59.3 Å². The van der Waals surface area contributed by atoms with Crippen LogP contribution in [0.4, 0.5) is 0 Å². The fourth-order valence-electron chi connectivity index (χ4n) is 8.36. The number of carbonyl (C=O) groups is 4. The highest BCUT2D eigenvalue weighted by atomic mass is 16.6. The molecular formula is C31H36O8. The minimum atomic E-state index is -1.74. The van der Waals surface area contributed by atoms with E-state index in [0.29, 0.717) is 18.6 Å². The summed E-state index contributed by atoms with van der Waals surface area (Å²) < 4.78 is 11.1. The Kier molecular flexibility index (Phi) is 6.92. The highest BCUT2D eigenvalue weighted by molar-refractivity contribution is 6.01. The quantitative estimate of drug-likeness (QED) is 0.418. The first kappa shape index (κ1) is 27.5. The first-order chi connectivity index (χ1) is 18.4. The van der Waals surface area contributed by atoms with E-state index in [1.54, 1.807) is 42.5 Å². The van der Waals surface area contributed by atoms with Crippen LogP contribution in [0.15, 0.2) is 54.1 Å². The van der Waals surface area contributed by atoms with Crippen molar-refractivity contribution in [3.05, 3.63) is 54.1 Å². The number of aliphatic hydroxyl groups is 2. The molecule has 2 unspecified atom stereocenters. The number of ether oxygens (including phenoxy) is 2. The number of aliphatic hydroxyl groups excluding tert-OH is 2. The summed E-state index contributed by atoms with van der Waals surface area (Å²) in [5.41, 5.74) is -2.09. The van der Waals surface area contributed by atoms with Gasteiger partial charge in [0.25, 0.3) is 0 Å². The fourth-order valence-corrected chi connectivity index (χ4v) is 8.36. The van der Waals surface area contributed by atoms with E-state index >= 15 is 0 Å². The first-order valence-electron chi connectivity index (χ1n) is 13.7. The summed E-state index contributed by atoms with van der Waals surface area (Å²) in [4.78, 5) is 51.0. The van der Waals surface area contributed by atoms with Gasteiger partial charge in [-0.25, -0.2) is 0 Å². The smallest absolute Gasteiger partial charge is 0.314 e. The SMILES string of the molecule is CC(=O)O[C@]1(C(=O)C(O)CC(=O)Oc2ccccc2)CC[C@H]2[C@@H]3CCC4=CC(=O)C=C[C@]4(C)[C@H]3C(O)C[C@@]21C. The molecule has 0 saturated heterocycles. The molecule has 0 amide bonds. The zero-order chi connectivity index (χ0) is 28.2. The molecule has 39 heavy (non-hydrogen) atoms. The van der Waals surface area contributed by atoms with E-state index in [1.807, 2.05) is 13.0 Å². The van der Waals surface area contributed by atoms with E-state index in [-0.39, 0.29) is 36.4 Å². The van der Waals surface area contributed by atoms with Gasteiger partial charge in [-0.1, -0.05) is 43.7 Å². The number of carbonyl (C=O) groups excluding carboxylic acids is 4. The molecule has 0 spiro atoms. The number of Topliss-reactive ketones (excluding diaryl/α,β-unsaturated/α-hetero) is 1. The molecule has 2 N–H and O–H groups in total. The average Bonchev–Trinajstić information content (AvgIpc) is 3.15. The molecule has 208 valence electrons. The fraction of sp³-hybridized carbons (Fsp3) is 0.548. The number of esters is 2. The highest BCUT2D eigenvalue weighted by Gasteiger charge is 2.70. The van der Waals surface area contributed by atoms with Crippen LogP contribution >= 0.6 is 0 Å². The third kappa shape index (κ3) is 4.38. The van der Waals surface area contributed by atoms with Crippen molar-refractivity contribution in [3.63, 3.8) is 0 Å². The predicted octanol–water partition coefficient (Wildman–Crippen LogP) is 3.49. The number of ketones is 2. The normalized spacial score (nSPS) is 37.6. The second-order valence-electron chi connectivity index (χ2n) is 12.0. The van der Waals surface area contributed by atoms with Crippen molar-refractivity contribution in [2.24, 2.45) is 28.6 Å². The van der Waals surface area contributed by atoms with Crippen LogP contribution in [0.25, 0.3) is 0 Å². The maximum absolute atomic E-state index is 14.0. The van der Waals surface area contributed by atoms with Crippen LogP contribution in [-0.4, -0.2) is 51.5 Å². The topological polar surface area (TPSA) is 127 Å². The molecule has 3 fully saturated rings. The molecule has 0 heterocycles. The van der Waals surface area contributed by atoms with E-state index in [4.69, 9.17) is 9.47 Å². The van der Waals surface area contributed by atoms with Gasteiger partial charge < -0.3 is 19.7 Å². The zero-order valence-corrected chi connectivity index (χ0v) is 22.6. The zero-order valence-electron chi connectivity index (χ0n) is 22.6. The Hall–Kier alpha value is -3.10. The Bertz CT molecular complexity index is 1250. The monoisotopic (exact) mass is 536 g/mol. The highest BCUT2D eigenvalue weighted by Crippen LogP contribution is 2.68. The van der Waals surface area contributed by atoms with E-state index in [0.717, 1.165) is 12.0 Å². The Morgan fingerprint density at radius 3 is 2.54 bits per heavy atom. The van der Waals surface area contributed by atoms with Crippen molar-refractivity contribution in [3.8, 4) is 5.75 Å². The van der Waals surface area contributed by atoms with E-state index in [2.05, 4.69) is 6.92 Å². The molecule has 0 aliphatic heterocycles. The van der Waals surface area contributed by atoms with Gasteiger partial charge in [0.2, 0.25) is 5.78 Å². The van der Waals surface area contributed by atoms with E-state index < -0.39 is 52.8 Å². The molecule has 1 aromatic carbocycles. The van der Waals surface area contributed by atoms with Gasteiger partial charge in [-0.15, -0.1) is 0 Å². The minimum Gasteiger partial charge on any atom is -0.451 e. The van der Waals surface area contributed by atoms with E-state index in [9.17, 15) is 29.4 Å². The van der Waals surface area contributed by atoms with Crippen molar-refractivity contribution >= 4 is 23.5 Å². The largest absolute Gasteiger partial charge is 0.451 e. The third-order valence-electron chi connectivity index (χ3n) is 9.97. The van der Waals surface area contributed by atoms with Gasteiger partial charge in [0.15, 0.2) is 11.4 Å². The standard InChI is InChI=1S/C31H36O8/c1-18(32)39-31(28(37)24(34)16-26(36)38-21-7-5-4-6-8-21)14-12-23-22-10-9-19-15-20(33)11-13-29(19,2)27(22)25(35)17-30(23,31)3/h4-8,11,13,15,22-25,27,34-35H,9-10,12,14,16-17H2,1-3H3/t22-,23-,24?,25?,27+,29-,30-,31-/m0/s1. The molecule has 3 saturated carbocycles. The van der Waals surface area contributed by atoms with Crippen LogP contribution in [0.3, 0.4) is 0 Å².